The largest absolute Gasteiger partial charge is 0.480 e. The Kier molecular flexibility index (Phi) is 10.7. The summed E-state index contributed by atoms with van der Waals surface area (Å²) in [6.45, 7) is 1.81. The third-order valence-electron chi connectivity index (χ3n) is 8.69. The number of aromatic nitrogens is 4. The lowest BCUT2D eigenvalue weighted by Crippen LogP contribution is -2.25. The summed E-state index contributed by atoms with van der Waals surface area (Å²) >= 11 is 14.1. The number of amides is 2. The zero-order valence-corrected chi connectivity index (χ0v) is 28.3. The molecule has 6 rings (SSSR count). The van der Waals surface area contributed by atoms with Gasteiger partial charge in [0.05, 0.1) is 48.0 Å². The van der Waals surface area contributed by atoms with Crippen LogP contribution in [0.5, 0.6) is 11.8 Å². The minimum absolute atomic E-state index is 0.0819. The van der Waals surface area contributed by atoms with Crippen molar-refractivity contribution in [3.63, 3.8) is 0 Å². The van der Waals surface area contributed by atoms with E-state index in [0.717, 1.165) is 36.1 Å². The number of carbonyl (C=O) groups excluding carboxylic acids is 2. The van der Waals surface area contributed by atoms with E-state index in [1.165, 1.54) is 0 Å². The van der Waals surface area contributed by atoms with Crippen LogP contribution in [0.4, 0.5) is 0 Å². The molecule has 2 aliphatic heterocycles. The molecule has 0 unspecified atom stereocenters. The van der Waals surface area contributed by atoms with Crippen LogP contribution in [0.25, 0.3) is 33.6 Å². The second kappa shape index (κ2) is 15.3. The monoisotopic (exact) mass is 689 g/mol. The van der Waals surface area contributed by atoms with Gasteiger partial charge in [-0.25, -0.2) is 9.97 Å². The van der Waals surface area contributed by atoms with E-state index in [-0.39, 0.29) is 23.8 Å². The summed E-state index contributed by atoms with van der Waals surface area (Å²) in [4.78, 5) is 41.8. The van der Waals surface area contributed by atoms with Crippen LogP contribution in [0, 0.1) is 5.92 Å². The van der Waals surface area contributed by atoms with E-state index in [4.69, 9.17) is 42.6 Å². The summed E-state index contributed by atoms with van der Waals surface area (Å²) in [6, 6.07) is 11.6. The normalized spacial score (nSPS) is 17.3. The zero-order chi connectivity index (χ0) is 33.6. The van der Waals surface area contributed by atoms with Gasteiger partial charge in [0.15, 0.2) is 0 Å². The van der Waals surface area contributed by atoms with E-state index in [1.807, 2.05) is 36.4 Å². The van der Waals surface area contributed by atoms with Crippen molar-refractivity contribution in [1.82, 2.24) is 35.9 Å². The molecule has 2 amide bonds. The van der Waals surface area contributed by atoms with Crippen LogP contribution in [-0.4, -0.2) is 65.1 Å². The average molecular weight is 691 g/mol. The molecule has 2 aliphatic rings. The topological polar surface area (TPSA) is 140 Å². The maximum atomic E-state index is 11.5. The molecule has 2 aromatic heterocycles. The highest BCUT2D eigenvalue weighted by Crippen LogP contribution is 2.42. The van der Waals surface area contributed by atoms with Crippen molar-refractivity contribution in [2.24, 2.45) is 5.92 Å². The second-order valence-electron chi connectivity index (χ2n) is 12.0. The standard InChI is InChI=1S/C35H37Cl2N7O4/c1-47-34-26(11-3-6-21-12-13-30(45)42-21)39-18-27(43-34)24-9-4-7-22(32(24)36)23-8-5-10-25(33(23)37)28-19-40-29(35(44-28)48-2)17-38-15-20-14-31(46)41-16-20/h4-5,7-10,18-21,38H,3,6,11-17H2,1-2H3,(H,41,46)(H,42,45)/t20-,21-/m1/s1. The first-order chi connectivity index (χ1) is 23.3. The Morgan fingerprint density at radius 1 is 0.854 bits per heavy atom. The van der Waals surface area contributed by atoms with E-state index in [0.29, 0.717) is 88.9 Å². The number of nitrogens with one attached hydrogen (secondary N) is 3. The number of hydrogen-bond donors (Lipinski definition) is 3. The van der Waals surface area contributed by atoms with Crippen molar-refractivity contribution in [2.75, 3.05) is 27.3 Å². The van der Waals surface area contributed by atoms with Crippen molar-refractivity contribution in [2.45, 2.75) is 51.1 Å². The van der Waals surface area contributed by atoms with Gasteiger partial charge in [-0.05, 0) is 31.6 Å². The maximum Gasteiger partial charge on any atom is 0.237 e. The number of hydrogen-bond acceptors (Lipinski definition) is 9. The van der Waals surface area contributed by atoms with Crippen LogP contribution in [0.15, 0.2) is 48.8 Å². The fourth-order valence-corrected chi connectivity index (χ4v) is 6.81. The van der Waals surface area contributed by atoms with Crippen LogP contribution >= 0.6 is 23.2 Å². The number of rotatable bonds is 13. The molecule has 250 valence electrons. The summed E-state index contributed by atoms with van der Waals surface area (Å²) in [7, 11) is 3.14. The van der Waals surface area contributed by atoms with Crippen molar-refractivity contribution in [1.29, 1.82) is 0 Å². The van der Waals surface area contributed by atoms with Gasteiger partial charge in [-0.15, -0.1) is 0 Å². The molecule has 0 aliphatic carbocycles. The molecule has 13 heteroatoms. The summed E-state index contributed by atoms with van der Waals surface area (Å²) in [5, 5.41) is 10.2. The molecule has 2 fully saturated rings. The average Bonchev–Trinajstić information content (AvgIpc) is 3.72. The molecular formula is C35H37Cl2N7O4. The van der Waals surface area contributed by atoms with Crippen molar-refractivity contribution >= 4 is 35.0 Å². The highest BCUT2D eigenvalue weighted by Gasteiger charge is 2.23. The number of halogens is 2. The van der Waals surface area contributed by atoms with E-state index >= 15 is 0 Å². The number of ether oxygens (including phenoxy) is 2. The third-order valence-corrected chi connectivity index (χ3v) is 9.50. The van der Waals surface area contributed by atoms with Crippen LogP contribution in [0.1, 0.15) is 43.5 Å². The van der Waals surface area contributed by atoms with E-state index in [1.54, 1.807) is 26.6 Å². The molecule has 4 heterocycles. The van der Waals surface area contributed by atoms with Crippen LogP contribution < -0.4 is 25.4 Å². The van der Waals surface area contributed by atoms with Crippen molar-refractivity contribution in [3.05, 3.63) is 70.2 Å². The lowest BCUT2D eigenvalue weighted by molar-refractivity contribution is -0.120. The molecule has 2 saturated heterocycles. The molecule has 11 nitrogen and oxygen atoms in total. The predicted molar refractivity (Wildman–Crippen MR) is 184 cm³/mol. The van der Waals surface area contributed by atoms with Crippen molar-refractivity contribution in [3.8, 4) is 45.4 Å². The molecule has 0 radical (unpaired) electrons. The minimum atomic E-state index is 0.0819. The first-order valence-corrected chi connectivity index (χ1v) is 16.7. The quantitative estimate of drug-likeness (QED) is 0.168. The van der Waals surface area contributed by atoms with Gasteiger partial charge in [-0.1, -0.05) is 59.6 Å². The summed E-state index contributed by atoms with van der Waals surface area (Å²) in [5.74, 6) is 1.29. The van der Waals surface area contributed by atoms with Gasteiger partial charge in [0, 0.05) is 60.8 Å². The number of benzene rings is 2. The second-order valence-corrected chi connectivity index (χ2v) is 12.7. The Bertz CT molecular complexity index is 1690. The van der Waals surface area contributed by atoms with Gasteiger partial charge in [-0.3, -0.25) is 19.6 Å². The first kappa shape index (κ1) is 33.6. The van der Waals surface area contributed by atoms with Crippen molar-refractivity contribution < 1.29 is 19.1 Å². The predicted octanol–water partition coefficient (Wildman–Crippen LogP) is 5.42. The lowest BCUT2D eigenvalue weighted by atomic mass is 9.98. The molecule has 48 heavy (non-hydrogen) atoms. The third kappa shape index (κ3) is 7.53. The lowest BCUT2D eigenvalue weighted by Gasteiger charge is -2.15. The summed E-state index contributed by atoms with van der Waals surface area (Å²) < 4.78 is 11.2. The zero-order valence-electron chi connectivity index (χ0n) is 26.8. The summed E-state index contributed by atoms with van der Waals surface area (Å²) in [5.41, 5.74) is 5.38. The first-order valence-electron chi connectivity index (χ1n) is 16.0. The molecule has 2 aromatic carbocycles. The number of methoxy groups -OCH3 is 2. The van der Waals surface area contributed by atoms with E-state index in [9.17, 15) is 9.59 Å². The van der Waals surface area contributed by atoms with Gasteiger partial charge in [0.2, 0.25) is 23.6 Å². The Balaban J connectivity index is 1.20. The number of nitrogens with zero attached hydrogens (tertiary/aromatic N) is 4. The molecule has 0 bridgehead atoms. The van der Waals surface area contributed by atoms with E-state index < -0.39 is 0 Å². The Morgan fingerprint density at radius 3 is 2.02 bits per heavy atom. The molecule has 3 N–H and O–H groups in total. The van der Waals surface area contributed by atoms with Gasteiger partial charge in [0.1, 0.15) is 11.4 Å². The van der Waals surface area contributed by atoms with Crippen LogP contribution in [0.3, 0.4) is 0 Å². The molecule has 4 aromatic rings. The fourth-order valence-electron chi connectivity index (χ4n) is 6.16. The van der Waals surface area contributed by atoms with Crippen LogP contribution in [0.2, 0.25) is 10.0 Å². The van der Waals surface area contributed by atoms with E-state index in [2.05, 4.69) is 25.9 Å². The highest BCUT2D eigenvalue weighted by atomic mass is 35.5. The van der Waals surface area contributed by atoms with Gasteiger partial charge >= 0.3 is 0 Å². The molecule has 0 saturated carbocycles. The SMILES string of the molecule is COc1nc(-c2cccc(-c3cccc(-c4cnc(CNC[C@@H]5CNC(=O)C5)c(OC)n4)c3Cl)c2Cl)cnc1CCC[C@@H]1CCC(=O)N1. The Hall–Kier alpha value is -4.32. The van der Waals surface area contributed by atoms with Gasteiger partial charge < -0.3 is 25.4 Å². The number of aryl methyl sites for hydroxylation is 1. The Labute approximate surface area is 289 Å². The van der Waals surface area contributed by atoms with Gasteiger partial charge in [-0.2, -0.15) is 0 Å². The van der Waals surface area contributed by atoms with Gasteiger partial charge in [0.25, 0.3) is 0 Å². The maximum absolute atomic E-state index is 11.5. The van der Waals surface area contributed by atoms with Crippen LogP contribution in [-0.2, 0) is 22.6 Å². The minimum Gasteiger partial charge on any atom is -0.480 e. The Morgan fingerprint density at radius 2 is 1.46 bits per heavy atom. The molecule has 2 atom stereocenters. The molecule has 0 spiro atoms. The smallest absolute Gasteiger partial charge is 0.237 e. The highest BCUT2D eigenvalue weighted by molar-refractivity contribution is 6.39. The summed E-state index contributed by atoms with van der Waals surface area (Å²) in [6.07, 6.45) is 7.80. The molecular weight excluding hydrogens is 653 g/mol. The number of carbonyl (C=O) groups is 2. The fraction of sp³-hybridized carbons (Fsp3) is 0.371.